The highest BCUT2D eigenvalue weighted by Crippen LogP contribution is 2.19. The van der Waals surface area contributed by atoms with Crippen molar-refractivity contribution in [3.8, 4) is 0 Å². The molecular formula is C15H24N8O2. The average molecular weight is 348 g/mol. The molecule has 0 N–H and O–H groups in total. The Labute approximate surface area is 146 Å². The van der Waals surface area contributed by atoms with Gasteiger partial charge in [0.15, 0.2) is 11.6 Å². The van der Waals surface area contributed by atoms with Crippen molar-refractivity contribution in [2.45, 2.75) is 59.3 Å². The number of hydrogen-bond acceptors (Lipinski definition) is 8. The van der Waals surface area contributed by atoms with Gasteiger partial charge in [0, 0.05) is 39.5 Å². The molecule has 0 aliphatic carbocycles. The summed E-state index contributed by atoms with van der Waals surface area (Å²) >= 11 is 0. The van der Waals surface area contributed by atoms with E-state index >= 15 is 0 Å². The molecule has 1 aliphatic rings. The Morgan fingerprint density at radius 1 is 1.44 bits per heavy atom. The summed E-state index contributed by atoms with van der Waals surface area (Å²) < 4.78 is 6.85. The molecule has 1 saturated heterocycles. The van der Waals surface area contributed by atoms with E-state index in [1.165, 1.54) is 0 Å². The smallest absolute Gasteiger partial charge is 0.223 e. The number of carbonyl (C=O) groups excluding carboxylic acids is 1. The van der Waals surface area contributed by atoms with Crippen molar-refractivity contribution in [3.63, 3.8) is 0 Å². The first-order valence-electron chi connectivity index (χ1n) is 8.60. The topological polar surface area (TPSA) is 106 Å². The highest BCUT2D eigenvalue weighted by atomic mass is 16.5. The van der Waals surface area contributed by atoms with Crippen molar-refractivity contribution in [1.82, 2.24) is 40.1 Å². The van der Waals surface area contributed by atoms with Gasteiger partial charge >= 0.3 is 0 Å². The Kier molecular flexibility index (Phi) is 5.37. The largest absolute Gasteiger partial charge is 0.340 e. The minimum Gasteiger partial charge on any atom is -0.340 e. The fourth-order valence-electron chi connectivity index (χ4n) is 3.19. The summed E-state index contributed by atoms with van der Waals surface area (Å²) in [5.41, 5.74) is 0. The number of tetrazole rings is 1. The zero-order valence-electron chi connectivity index (χ0n) is 14.9. The van der Waals surface area contributed by atoms with E-state index in [9.17, 15) is 4.79 Å². The summed E-state index contributed by atoms with van der Waals surface area (Å²) in [5, 5.41) is 15.8. The van der Waals surface area contributed by atoms with Crippen LogP contribution in [-0.4, -0.2) is 65.2 Å². The Morgan fingerprint density at radius 3 is 2.96 bits per heavy atom. The van der Waals surface area contributed by atoms with Gasteiger partial charge in [-0.2, -0.15) is 4.98 Å². The van der Waals surface area contributed by atoms with Gasteiger partial charge in [-0.3, -0.25) is 9.69 Å². The maximum Gasteiger partial charge on any atom is 0.223 e. The molecule has 3 rings (SSSR count). The monoisotopic (exact) mass is 348 g/mol. The summed E-state index contributed by atoms with van der Waals surface area (Å²) in [6.45, 7) is 8.99. The Balaban J connectivity index is 1.61. The number of likely N-dealkylation sites (tertiary alicyclic amines) is 1. The summed E-state index contributed by atoms with van der Waals surface area (Å²) in [7, 11) is 0. The van der Waals surface area contributed by atoms with E-state index in [1.54, 1.807) is 13.8 Å². The van der Waals surface area contributed by atoms with E-state index in [0.717, 1.165) is 38.3 Å². The number of nitrogens with zero attached hydrogens (tertiary/aromatic N) is 8. The summed E-state index contributed by atoms with van der Waals surface area (Å²) in [4.78, 5) is 20.4. The van der Waals surface area contributed by atoms with Gasteiger partial charge in [0.25, 0.3) is 0 Å². The van der Waals surface area contributed by atoms with E-state index in [1.807, 2.05) is 9.58 Å². The van der Waals surface area contributed by atoms with E-state index < -0.39 is 0 Å². The maximum atomic E-state index is 12.1. The molecule has 0 aromatic carbocycles. The molecular weight excluding hydrogens is 324 g/mol. The highest BCUT2D eigenvalue weighted by molar-refractivity contribution is 5.73. The first-order chi connectivity index (χ1) is 12.1. The van der Waals surface area contributed by atoms with E-state index in [4.69, 9.17) is 4.52 Å². The summed E-state index contributed by atoms with van der Waals surface area (Å²) in [6, 6.07) is 0.131. The van der Waals surface area contributed by atoms with Crippen molar-refractivity contribution < 1.29 is 9.32 Å². The molecule has 25 heavy (non-hydrogen) atoms. The zero-order chi connectivity index (χ0) is 17.8. The predicted octanol–water partition coefficient (Wildman–Crippen LogP) is 0.398. The third-order valence-electron chi connectivity index (χ3n) is 4.38. The molecule has 136 valence electrons. The van der Waals surface area contributed by atoms with Gasteiger partial charge in [-0.1, -0.05) is 12.1 Å². The Morgan fingerprint density at radius 2 is 2.28 bits per heavy atom. The van der Waals surface area contributed by atoms with E-state index in [-0.39, 0.29) is 11.9 Å². The molecule has 10 nitrogen and oxygen atoms in total. The van der Waals surface area contributed by atoms with Gasteiger partial charge in [-0.15, -0.1) is 5.10 Å². The molecule has 10 heteroatoms. The molecule has 0 bridgehead atoms. The van der Waals surface area contributed by atoms with Crippen LogP contribution in [0, 0.1) is 6.92 Å². The lowest BCUT2D eigenvalue weighted by Crippen LogP contribution is -2.40. The number of aromatic nitrogens is 6. The second-order valence-electron chi connectivity index (χ2n) is 6.37. The molecule has 2 aromatic heterocycles. The van der Waals surface area contributed by atoms with Crippen molar-refractivity contribution in [2.24, 2.45) is 0 Å². The van der Waals surface area contributed by atoms with Crippen LogP contribution in [0.5, 0.6) is 0 Å². The number of hydrogen-bond donors (Lipinski definition) is 0. The van der Waals surface area contributed by atoms with Crippen LogP contribution in [0.1, 0.15) is 44.2 Å². The highest BCUT2D eigenvalue weighted by Gasteiger charge is 2.31. The Bertz CT molecular complexity index is 712. The van der Waals surface area contributed by atoms with Crippen LogP contribution in [0.4, 0.5) is 0 Å². The van der Waals surface area contributed by atoms with Gasteiger partial charge in [-0.25, -0.2) is 4.68 Å². The third-order valence-corrected chi connectivity index (χ3v) is 4.38. The molecule has 1 aliphatic heterocycles. The molecule has 3 heterocycles. The average Bonchev–Trinajstić information content (AvgIpc) is 3.29. The van der Waals surface area contributed by atoms with Gasteiger partial charge in [0.1, 0.15) is 0 Å². The first-order valence-corrected chi connectivity index (χ1v) is 8.60. The predicted molar refractivity (Wildman–Crippen MR) is 87.0 cm³/mol. The van der Waals surface area contributed by atoms with Crippen molar-refractivity contribution >= 4 is 5.91 Å². The van der Waals surface area contributed by atoms with E-state index in [2.05, 4.69) is 37.5 Å². The van der Waals surface area contributed by atoms with Crippen LogP contribution >= 0.6 is 0 Å². The fraction of sp³-hybridized carbons (Fsp3) is 0.733. The Hall–Kier alpha value is -2.36. The third kappa shape index (κ3) is 4.19. The second kappa shape index (κ2) is 7.68. The van der Waals surface area contributed by atoms with Crippen LogP contribution in [0.25, 0.3) is 0 Å². The summed E-state index contributed by atoms with van der Waals surface area (Å²) in [6.07, 6.45) is 1.90. The number of carbonyl (C=O) groups is 1. The number of aryl methyl sites for hydroxylation is 2. The minimum atomic E-state index is 0.0186. The van der Waals surface area contributed by atoms with Crippen LogP contribution in [-0.2, 0) is 24.4 Å². The molecule has 0 saturated carbocycles. The quantitative estimate of drug-likeness (QED) is 0.708. The van der Waals surface area contributed by atoms with Crippen molar-refractivity contribution in [3.05, 3.63) is 17.5 Å². The molecule has 1 fully saturated rings. The molecule has 2 aromatic rings. The molecule has 0 radical (unpaired) electrons. The number of amides is 1. The van der Waals surface area contributed by atoms with Crippen LogP contribution < -0.4 is 0 Å². The van der Waals surface area contributed by atoms with Crippen LogP contribution in [0.3, 0.4) is 0 Å². The van der Waals surface area contributed by atoms with E-state index in [0.29, 0.717) is 24.8 Å². The second-order valence-corrected chi connectivity index (χ2v) is 6.37. The summed E-state index contributed by atoms with van der Waals surface area (Å²) in [5.74, 6) is 1.93. The lowest BCUT2D eigenvalue weighted by Gasteiger charge is -2.26. The first kappa shape index (κ1) is 17.5. The molecule has 1 atom stereocenters. The molecule has 1 unspecified atom stereocenters. The van der Waals surface area contributed by atoms with Crippen LogP contribution in [0.2, 0.25) is 0 Å². The number of rotatable bonds is 7. The van der Waals surface area contributed by atoms with Crippen molar-refractivity contribution in [1.29, 1.82) is 0 Å². The van der Waals surface area contributed by atoms with Crippen molar-refractivity contribution in [2.75, 3.05) is 13.1 Å². The van der Waals surface area contributed by atoms with Gasteiger partial charge in [0.2, 0.25) is 11.8 Å². The van der Waals surface area contributed by atoms with Gasteiger partial charge in [-0.05, 0) is 23.3 Å². The molecule has 0 spiro atoms. The SMILES string of the molecule is CCCn1nnnc1CN1CCC(N(Cc2noc(C)n2)C(C)=O)C1. The maximum absolute atomic E-state index is 12.1. The normalized spacial score (nSPS) is 18.0. The zero-order valence-corrected chi connectivity index (χ0v) is 14.9. The minimum absolute atomic E-state index is 0.0186. The lowest BCUT2D eigenvalue weighted by atomic mass is 10.2. The molecule has 1 amide bonds. The lowest BCUT2D eigenvalue weighted by molar-refractivity contribution is -0.131. The standard InChI is InChI=1S/C15H24N8O2/c1-4-6-23-15(17-19-20-23)10-21-7-5-13(8-21)22(12(3)24)9-14-16-11(2)25-18-14/h13H,4-10H2,1-3H3. The fourth-order valence-corrected chi connectivity index (χ4v) is 3.19. The van der Waals surface area contributed by atoms with Crippen LogP contribution in [0.15, 0.2) is 4.52 Å². The van der Waals surface area contributed by atoms with Gasteiger partial charge < -0.3 is 9.42 Å². The van der Waals surface area contributed by atoms with Gasteiger partial charge in [0.05, 0.1) is 13.1 Å².